The van der Waals surface area contributed by atoms with Crippen molar-refractivity contribution < 1.29 is 8.42 Å². The first-order valence-corrected chi connectivity index (χ1v) is 8.68. The Morgan fingerprint density at radius 1 is 1.35 bits per heavy atom. The summed E-state index contributed by atoms with van der Waals surface area (Å²) in [7, 11) is -0.229. The van der Waals surface area contributed by atoms with Gasteiger partial charge in [-0.05, 0) is 37.6 Å². The molecule has 7 heteroatoms. The van der Waals surface area contributed by atoms with Crippen molar-refractivity contribution in [2.45, 2.75) is 36.7 Å². The third-order valence-corrected chi connectivity index (χ3v) is 6.40. The zero-order valence-corrected chi connectivity index (χ0v) is 13.8. The van der Waals surface area contributed by atoms with Gasteiger partial charge in [0.1, 0.15) is 4.90 Å². The first-order valence-electron chi connectivity index (χ1n) is 6.48. The molecule has 1 aliphatic rings. The van der Waals surface area contributed by atoms with Gasteiger partial charge in [-0.25, -0.2) is 8.42 Å². The minimum atomic E-state index is -3.60. The lowest BCUT2D eigenvalue weighted by molar-refractivity contribution is 0.249. The number of benzene rings is 1. The molecule has 0 heterocycles. The predicted octanol–water partition coefficient (Wildman–Crippen LogP) is 2.89. The number of nitrogens with one attached hydrogen (secondary N) is 1. The Balaban J connectivity index is 2.45. The minimum absolute atomic E-state index is 0.0720. The minimum Gasteiger partial charge on any atom is -0.316 e. The smallest absolute Gasteiger partial charge is 0.244 e. The van der Waals surface area contributed by atoms with E-state index in [0.717, 1.165) is 19.3 Å². The van der Waals surface area contributed by atoms with Crippen molar-refractivity contribution in [3.05, 3.63) is 27.7 Å². The fraction of sp³-hybridized carbons (Fsp3) is 0.538. The maximum absolute atomic E-state index is 12.7. The highest BCUT2D eigenvalue weighted by atomic mass is 35.5. The van der Waals surface area contributed by atoms with Crippen LogP contribution in [0.3, 0.4) is 0 Å². The molecule has 1 aliphatic carbocycles. The molecule has 0 spiro atoms. The van der Waals surface area contributed by atoms with Crippen molar-refractivity contribution in [1.29, 1.82) is 0 Å². The second-order valence-corrected chi connectivity index (χ2v) is 7.79. The highest BCUT2D eigenvalue weighted by Crippen LogP contribution is 2.34. The molecule has 0 bridgehead atoms. The van der Waals surface area contributed by atoms with E-state index in [1.54, 1.807) is 20.2 Å². The molecule has 0 amide bonds. The summed E-state index contributed by atoms with van der Waals surface area (Å²) < 4.78 is 26.7. The van der Waals surface area contributed by atoms with Crippen molar-refractivity contribution in [3.8, 4) is 0 Å². The maximum Gasteiger partial charge on any atom is 0.244 e. The van der Waals surface area contributed by atoms with Gasteiger partial charge in [-0.15, -0.1) is 0 Å². The standard InChI is InChI=1S/C13H18Cl2N2O2S/c1-16-8-9-6-10(14)7-12(13(9)15)20(18,19)17(2)11-4-3-5-11/h6-7,11,16H,3-5,8H2,1-2H3. The van der Waals surface area contributed by atoms with Crippen molar-refractivity contribution in [1.82, 2.24) is 9.62 Å². The normalized spacial score (nSPS) is 16.4. The van der Waals surface area contributed by atoms with Crippen LogP contribution in [0.4, 0.5) is 0 Å². The van der Waals surface area contributed by atoms with Crippen LogP contribution < -0.4 is 5.32 Å². The van der Waals surface area contributed by atoms with Crippen LogP contribution in [0.15, 0.2) is 17.0 Å². The number of halogens is 2. The molecule has 0 unspecified atom stereocenters. The lowest BCUT2D eigenvalue weighted by atomic mass is 9.94. The molecule has 4 nitrogen and oxygen atoms in total. The zero-order valence-electron chi connectivity index (χ0n) is 11.5. The molecule has 0 saturated heterocycles. The number of sulfonamides is 1. The summed E-state index contributed by atoms with van der Waals surface area (Å²) in [6, 6.07) is 3.18. The molecule has 1 saturated carbocycles. The lowest BCUT2D eigenvalue weighted by Gasteiger charge is -2.34. The monoisotopic (exact) mass is 336 g/mol. The van der Waals surface area contributed by atoms with Crippen LogP contribution in [-0.2, 0) is 16.6 Å². The Hall–Kier alpha value is -0.330. The Morgan fingerprint density at radius 2 is 2.00 bits per heavy atom. The fourth-order valence-corrected chi connectivity index (χ4v) is 4.55. The number of nitrogens with zero attached hydrogens (tertiary/aromatic N) is 1. The second-order valence-electron chi connectivity index (χ2n) is 5.01. The van der Waals surface area contributed by atoms with Crippen molar-refractivity contribution in [2.24, 2.45) is 0 Å². The van der Waals surface area contributed by atoms with E-state index in [1.807, 2.05) is 0 Å². The third-order valence-electron chi connectivity index (χ3n) is 3.69. The summed E-state index contributed by atoms with van der Waals surface area (Å²) in [5, 5.41) is 3.57. The number of rotatable bonds is 5. The second kappa shape index (κ2) is 6.20. The summed E-state index contributed by atoms with van der Waals surface area (Å²) >= 11 is 12.3. The highest BCUT2D eigenvalue weighted by Gasteiger charge is 2.33. The van der Waals surface area contributed by atoms with E-state index in [4.69, 9.17) is 23.2 Å². The predicted molar refractivity (Wildman–Crippen MR) is 81.8 cm³/mol. The zero-order chi connectivity index (χ0) is 14.9. The Bertz CT molecular complexity index is 601. The first kappa shape index (κ1) is 16.0. The molecule has 0 atom stereocenters. The Labute approximate surface area is 130 Å². The van der Waals surface area contributed by atoms with Crippen LogP contribution in [-0.4, -0.2) is 32.9 Å². The van der Waals surface area contributed by atoms with Crippen molar-refractivity contribution in [2.75, 3.05) is 14.1 Å². The summed E-state index contributed by atoms with van der Waals surface area (Å²) in [6.07, 6.45) is 2.87. The van der Waals surface area contributed by atoms with Crippen LogP contribution in [0, 0.1) is 0 Å². The van der Waals surface area contributed by atoms with Gasteiger partial charge in [0, 0.05) is 24.7 Å². The van der Waals surface area contributed by atoms with Crippen molar-refractivity contribution in [3.63, 3.8) is 0 Å². The third kappa shape index (κ3) is 2.97. The molecular weight excluding hydrogens is 319 g/mol. The fourth-order valence-electron chi connectivity index (χ4n) is 2.23. The van der Waals surface area contributed by atoms with Gasteiger partial charge in [-0.3, -0.25) is 0 Å². The summed E-state index contributed by atoms with van der Waals surface area (Å²) in [5.74, 6) is 0. The van der Waals surface area contributed by atoms with Crippen LogP contribution >= 0.6 is 23.2 Å². The first-order chi connectivity index (χ1) is 9.37. The molecule has 112 valence electrons. The lowest BCUT2D eigenvalue weighted by Crippen LogP contribution is -2.41. The molecule has 0 aromatic heterocycles. The molecule has 2 rings (SSSR count). The van der Waals surface area contributed by atoms with E-state index in [0.29, 0.717) is 17.1 Å². The van der Waals surface area contributed by atoms with Gasteiger partial charge in [0.05, 0.1) is 5.02 Å². The van der Waals surface area contributed by atoms with Gasteiger partial charge in [-0.2, -0.15) is 4.31 Å². The Kier molecular flexibility index (Phi) is 4.97. The van der Waals surface area contributed by atoms with Crippen LogP contribution in [0.2, 0.25) is 10.0 Å². The molecule has 0 aliphatic heterocycles. The SMILES string of the molecule is CNCc1cc(Cl)cc(S(=O)(=O)N(C)C2CCC2)c1Cl. The topological polar surface area (TPSA) is 49.4 Å². The van der Waals surface area contributed by atoms with E-state index in [-0.39, 0.29) is 16.0 Å². The molecule has 1 N–H and O–H groups in total. The average Bonchev–Trinajstić information content (AvgIpc) is 2.31. The largest absolute Gasteiger partial charge is 0.316 e. The van der Waals surface area contributed by atoms with E-state index in [1.165, 1.54) is 10.4 Å². The van der Waals surface area contributed by atoms with Gasteiger partial charge >= 0.3 is 0 Å². The van der Waals surface area contributed by atoms with Gasteiger partial charge in [0.2, 0.25) is 10.0 Å². The summed E-state index contributed by atoms with van der Waals surface area (Å²) in [4.78, 5) is 0.0892. The summed E-state index contributed by atoms with van der Waals surface area (Å²) in [6.45, 7) is 0.467. The molecule has 20 heavy (non-hydrogen) atoms. The Morgan fingerprint density at radius 3 is 2.50 bits per heavy atom. The van der Waals surface area contributed by atoms with Gasteiger partial charge in [0.25, 0.3) is 0 Å². The van der Waals surface area contributed by atoms with E-state index in [9.17, 15) is 8.42 Å². The molecule has 1 aromatic carbocycles. The average molecular weight is 337 g/mol. The van der Waals surface area contributed by atoms with Gasteiger partial charge < -0.3 is 5.32 Å². The van der Waals surface area contributed by atoms with Crippen LogP contribution in [0.1, 0.15) is 24.8 Å². The number of hydrogen-bond donors (Lipinski definition) is 1. The molecule has 1 fully saturated rings. The molecule has 1 aromatic rings. The van der Waals surface area contributed by atoms with E-state index >= 15 is 0 Å². The number of hydrogen-bond acceptors (Lipinski definition) is 3. The van der Waals surface area contributed by atoms with Crippen molar-refractivity contribution >= 4 is 33.2 Å². The van der Waals surface area contributed by atoms with Crippen LogP contribution in [0.25, 0.3) is 0 Å². The quantitative estimate of drug-likeness (QED) is 0.899. The maximum atomic E-state index is 12.7. The molecular formula is C13H18Cl2N2O2S. The van der Waals surface area contributed by atoms with E-state index < -0.39 is 10.0 Å². The molecule has 0 radical (unpaired) electrons. The van der Waals surface area contributed by atoms with Gasteiger partial charge in [0.15, 0.2) is 0 Å². The summed E-state index contributed by atoms with van der Waals surface area (Å²) in [5.41, 5.74) is 0.683. The highest BCUT2D eigenvalue weighted by molar-refractivity contribution is 7.89. The van der Waals surface area contributed by atoms with Gasteiger partial charge in [-0.1, -0.05) is 29.6 Å². The van der Waals surface area contributed by atoms with E-state index in [2.05, 4.69) is 5.32 Å². The van der Waals surface area contributed by atoms with Crippen LogP contribution in [0.5, 0.6) is 0 Å².